The Morgan fingerprint density at radius 2 is 1.86 bits per heavy atom. The van der Waals surface area contributed by atoms with Gasteiger partial charge in [-0.25, -0.2) is 0 Å². The van der Waals surface area contributed by atoms with Crippen molar-refractivity contribution in [3.05, 3.63) is 0 Å². The molecule has 0 spiro atoms. The molecule has 0 aliphatic carbocycles. The van der Waals surface area contributed by atoms with Crippen LogP contribution < -0.4 is 5.32 Å². The molecule has 0 rings (SSSR count). The van der Waals surface area contributed by atoms with Crippen LogP contribution in [0.15, 0.2) is 0 Å². The molecule has 0 radical (unpaired) electrons. The maximum Gasteiger partial charge on any atom is 0.303 e. The second-order valence-corrected chi connectivity index (χ2v) is 4.55. The summed E-state index contributed by atoms with van der Waals surface area (Å²) in [6.45, 7) is 7.39. The number of carbonyl (C=O) groups is 2. The maximum atomic E-state index is 10.9. The van der Waals surface area contributed by atoms with Crippen LogP contribution in [0.2, 0.25) is 0 Å². The van der Waals surface area contributed by atoms with Gasteiger partial charge in [0.1, 0.15) is 0 Å². The molecular weight excluding hydrogens is 182 g/mol. The van der Waals surface area contributed by atoms with E-state index in [-0.39, 0.29) is 23.8 Å². The molecule has 0 bridgehead atoms. The second-order valence-electron chi connectivity index (χ2n) is 4.55. The lowest BCUT2D eigenvalue weighted by Gasteiger charge is -2.30. The van der Waals surface area contributed by atoms with E-state index in [0.29, 0.717) is 6.42 Å². The van der Waals surface area contributed by atoms with E-state index in [1.165, 1.54) is 6.92 Å². The smallest absolute Gasteiger partial charge is 0.303 e. The number of carbonyl (C=O) groups excluding carboxylic acids is 1. The fourth-order valence-electron chi connectivity index (χ4n) is 1.23. The standard InChI is InChI=1S/C10H19NO3/c1-7(12)11-8(10(2,3)4)5-6-9(13)14/h8H,5-6H2,1-4H3,(H,11,12)(H,13,14). The highest BCUT2D eigenvalue weighted by molar-refractivity contribution is 5.73. The number of hydrogen-bond donors (Lipinski definition) is 2. The molecule has 4 nitrogen and oxygen atoms in total. The van der Waals surface area contributed by atoms with Gasteiger partial charge in [0, 0.05) is 19.4 Å². The lowest BCUT2D eigenvalue weighted by atomic mass is 9.84. The van der Waals surface area contributed by atoms with Crippen molar-refractivity contribution in [2.75, 3.05) is 0 Å². The molecule has 0 aliphatic rings. The van der Waals surface area contributed by atoms with Crippen LogP contribution in [0.4, 0.5) is 0 Å². The minimum Gasteiger partial charge on any atom is -0.481 e. The Morgan fingerprint density at radius 3 is 2.14 bits per heavy atom. The van der Waals surface area contributed by atoms with Gasteiger partial charge in [0.2, 0.25) is 5.91 Å². The zero-order valence-electron chi connectivity index (χ0n) is 9.26. The van der Waals surface area contributed by atoms with Gasteiger partial charge in [-0.3, -0.25) is 9.59 Å². The molecule has 0 aliphatic heterocycles. The number of rotatable bonds is 4. The number of aliphatic carboxylic acids is 1. The number of carboxylic acids is 1. The van der Waals surface area contributed by atoms with Gasteiger partial charge in [-0.1, -0.05) is 20.8 Å². The van der Waals surface area contributed by atoms with Crippen molar-refractivity contribution in [1.29, 1.82) is 0 Å². The fraction of sp³-hybridized carbons (Fsp3) is 0.800. The minimum atomic E-state index is -0.829. The van der Waals surface area contributed by atoms with Gasteiger partial charge in [0.15, 0.2) is 0 Å². The summed E-state index contributed by atoms with van der Waals surface area (Å²) in [6, 6.07) is -0.0869. The zero-order valence-corrected chi connectivity index (χ0v) is 9.26. The quantitative estimate of drug-likeness (QED) is 0.722. The minimum absolute atomic E-state index is 0.0855. The highest BCUT2D eigenvalue weighted by Crippen LogP contribution is 2.22. The van der Waals surface area contributed by atoms with Crippen molar-refractivity contribution in [1.82, 2.24) is 5.32 Å². The zero-order chi connectivity index (χ0) is 11.4. The number of amides is 1. The van der Waals surface area contributed by atoms with Crippen molar-refractivity contribution in [2.45, 2.75) is 46.6 Å². The van der Waals surface area contributed by atoms with Gasteiger partial charge in [0.05, 0.1) is 0 Å². The summed E-state index contributed by atoms with van der Waals surface area (Å²) in [4.78, 5) is 21.3. The molecule has 14 heavy (non-hydrogen) atoms. The molecule has 2 N–H and O–H groups in total. The topological polar surface area (TPSA) is 66.4 Å². The summed E-state index contributed by atoms with van der Waals surface area (Å²) in [5, 5.41) is 11.3. The molecule has 1 unspecified atom stereocenters. The van der Waals surface area contributed by atoms with Crippen molar-refractivity contribution in [3.63, 3.8) is 0 Å². The van der Waals surface area contributed by atoms with E-state index < -0.39 is 5.97 Å². The molecule has 0 aromatic rings. The average Bonchev–Trinajstić information content (AvgIpc) is 1.94. The normalized spacial score (nSPS) is 13.4. The summed E-state index contributed by atoms with van der Waals surface area (Å²) >= 11 is 0. The summed E-state index contributed by atoms with van der Waals surface area (Å²) in [5.74, 6) is -0.945. The third kappa shape index (κ3) is 5.56. The summed E-state index contributed by atoms with van der Waals surface area (Å²) in [5.41, 5.74) is -0.110. The van der Waals surface area contributed by atoms with Gasteiger partial charge in [-0.05, 0) is 11.8 Å². The first-order valence-corrected chi connectivity index (χ1v) is 4.72. The first kappa shape index (κ1) is 12.9. The number of nitrogens with one attached hydrogen (secondary N) is 1. The lowest BCUT2D eigenvalue weighted by molar-refractivity contribution is -0.137. The number of carboxylic acid groups (broad SMARTS) is 1. The molecule has 0 heterocycles. The van der Waals surface area contributed by atoms with Crippen molar-refractivity contribution in [3.8, 4) is 0 Å². The van der Waals surface area contributed by atoms with Crippen LogP contribution in [-0.4, -0.2) is 23.0 Å². The van der Waals surface area contributed by atoms with Gasteiger partial charge in [-0.15, -0.1) is 0 Å². The van der Waals surface area contributed by atoms with E-state index in [0.717, 1.165) is 0 Å². The van der Waals surface area contributed by atoms with Crippen LogP contribution in [-0.2, 0) is 9.59 Å². The molecular formula is C10H19NO3. The molecule has 0 saturated carbocycles. The molecule has 0 aromatic carbocycles. The summed E-state index contributed by atoms with van der Waals surface area (Å²) < 4.78 is 0. The van der Waals surface area contributed by atoms with Crippen LogP contribution in [0.1, 0.15) is 40.5 Å². The average molecular weight is 201 g/mol. The third-order valence-electron chi connectivity index (χ3n) is 2.07. The molecule has 82 valence electrons. The molecule has 1 atom stereocenters. The van der Waals surface area contributed by atoms with E-state index in [2.05, 4.69) is 5.32 Å². The van der Waals surface area contributed by atoms with Crippen LogP contribution in [0.3, 0.4) is 0 Å². The highest BCUT2D eigenvalue weighted by Gasteiger charge is 2.25. The largest absolute Gasteiger partial charge is 0.481 e. The van der Waals surface area contributed by atoms with Gasteiger partial charge < -0.3 is 10.4 Å². The van der Waals surface area contributed by atoms with Gasteiger partial charge >= 0.3 is 5.97 Å². The lowest BCUT2D eigenvalue weighted by Crippen LogP contribution is -2.43. The first-order chi connectivity index (χ1) is 6.23. The molecule has 0 aromatic heterocycles. The molecule has 0 fully saturated rings. The van der Waals surface area contributed by atoms with E-state index >= 15 is 0 Å². The van der Waals surface area contributed by atoms with Gasteiger partial charge in [-0.2, -0.15) is 0 Å². The Bertz CT molecular complexity index is 218. The SMILES string of the molecule is CC(=O)NC(CCC(=O)O)C(C)(C)C. The number of hydrogen-bond acceptors (Lipinski definition) is 2. The predicted octanol–water partition coefficient (Wildman–Crippen LogP) is 1.40. The molecule has 0 saturated heterocycles. The Labute approximate surface area is 84.7 Å². The van der Waals surface area contributed by atoms with Crippen molar-refractivity contribution >= 4 is 11.9 Å². The predicted molar refractivity (Wildman–Crippen MR) is 53.9 cm³/mol. The van der Waals surface area contributed by atoms with Crippen LogP contribution in [0.25, 0.3) is 0 Å². The second kappa shape index (κ2) is 4.98. The van der Waals surface area contributed by atoms with E-state index in [4.69, 9.17) is 5.11 Å². The fourth-order valence-corrected chi connectivity index (χ4v) is 1.23. The monoisotopic (exact) mass is 201 g/mol. The Kier molecular flexibility index (Phi) is 4.60. The van der Waals surface area contributed by atoms with E-state index in [1.807, 2.05) is 20.8 Å². The van der Waals surface area contributed by atoms with Crippen molar-refractivity contribution < 1.29 is 14.7 Å². The van der Waals surface area contributed by atoms with E-state index in [9.17, 15) is 9.59 Å². The Balaban J connectivity index is 4.26. The molecule has 1 amide bonds. The van der Waals surface area contributed by atoms with Crippen LogP contribution >= 0.6 is 0 Å². The maximum absolute atomic E-state index is 10.9. The summed E-state index contributed by atoms with van der Waals surface area (Å²) in [6.07, 6.45) is 0.556. The first-order valence-electron chi connectivity index (χ1n) is 4.72. The Hall–Kier alpha value is -1.06. The highest BCUT2D eigenvalue weighted by atomic mass is 16.4. The van der Waals surface area contributed by atoms with Gasteiger partial charge in [0.25, 0.3) is 0 Å². The summed E-state index contributed by atoms with van der Waals surface area (Å²) in [7, 11) is 0. The van der Waals surface area contributed by atoms with Crippen LogP contribution in [0, 0.1) is 5.41 Å². The van der Waals surface area contributed by atoms with E-state index in [1.54, 1.807) is 0 Å². The van der Waals surface area contributed by atoms with Crippen LogP contribution in [0.5, 0.6) is 0 Å². The molecule has 4 heteroatoms. The third-order valence-corrected chi connectivity index (χ3v) is 2.07. The Morgan fingerprint density at radius 1 is 1.36 bits per heavy atom. The van der Waals surface area contributed by atoms with Crippen molar-refractivity contribution in [2.24, 2.45) is 5.41 Å².